The van der Waals surface area contributed by atoms with Gasteiger partial charge in [-0.1, -0.05) is 90.4 Å². The fourth-order valence-corrected chi connectivity index (χ4v) is 4.31. The van der Waals surface area contributed by atoms with Crippen LogP contribution in [0.2, 0.25) is 5.02 Å². The predicted molar refractivity (Wildman–Crippen MR) is 143 cm³/mol. The molecule has 3 aromatic carbocycles. The smallest absolute Gasteiger partial charge is 0.411 e. The monoisotopic (exact) mass is 518 g/mol. The van der Waals surface area contributed by atoms with Crippen LogP contribution in [0.4, 0.5) is 10.5 Å². The molecule has 0 aliphatic heterocycles. The number of rotatable bonds is 9. The third kappa shape index (κ3) is 6.19. The van der Waals surface area contributed by atoms with Crippen LogP contribution in [-0.4, -0.2) is 28.9 Å². The molecule has 0 radical (unpaired) electrons. The number of carbonyl (C=O) groups is 2. The van der Waals surface area contributed by atoms with Gasteiger partial charge in [-0.2, -0.15) is 0 Å². The van der Waals surface area contributed by atoms with Crippen molar-refractivity contribution in [1.82, 2.24) is 5.16 Å². The number of halogens is 1. The minimum Gasteiger partial charge on any atom is -0.481 e. The minimum atomic E-state index is -0.823. The number of benzene rings is 3. The number of ether oxygens (including phenoxy) is 1. The fraction of sp³-hybridized carbons (Fsp3) is 0.207. The normalized spacial score (nSPS) is 11.6. The highest BCUT2D eigenvalue weighted by Gasteiger charge is 2.19. The first-order valence-corrected chi connectivity index (χ1v) is 12.3. The third-order valence-corrected chi connectivity index (χ3v) is 6.52. The molecule has 1 atom stereocenters. The number of amides is 1. The second-order valence-electron chi connectivity index (χ2n) is 8.57. The molecular formula is C29H27ClN2O5. The summed E-state index contributed by atoms with van der Waals surface area (Å²) in [6, 6.07) is 22.6. The molecule has 8 heteroatoms. The summed E-state index contributed by atoms with van der Waals surface area (Å²) in [5, 5.41) is 16.8. The largest absolute Gasteiger partial charge is 0.481 e. The van der Waals surface area contributed by atoms with Gasteiger partial charge in [-0.3, -0.25) is 10.1 Å². The van der Waals surface area contributed by atoms with Crippen LogP contribution in [-0.2, 0) is 16.0 Å². The van der Waals surface area contributed by atoms with Gasteiger partial charge in [0, 0.05) is 17.0 Å². The van der Waals surface area contributed by atoms with Crippen LogP contribution in [0, 0.1) is 6.92 Å². The fourth-order valence-electron chi connectivity index (χ4n) is 4.08. The van der Waals surface area contributed by atoms with E-state index in [0.29, 0.717) is 35.0 Å². The van der Waals surface area contributed by atoms with Crippen molar-refractivity contribution >= 4 is 29.4 Å². The number of carbonyl (C=O) groups excluding carboxylic acids is 1. The topological polar surface area (TPSA) is 102 Å². The van der Waals surface area contributed by atoms with Crippen molar-refractivity contribution in [2.75, 3.05) is 11.9 Å². The van der Waals surface area contributed by atoms with Gasteiger partial charge >= 0.3 is 12.1 Å². The third-order valence-electron chi connectivity index (χ3n) is 6.15. The standard InChI is InChI=1S/C29H27ClN2O5/c1-3-24(28(33)34)21-12-8-19(9-13-21)20-10-14-23(15-11-20)27-26(18(2)32-37-27)31-29(35)36-17-16-22-6-4-5-7-25(22)30/h4-15,24H,3,16-17H2,1-2H3,(H,31,35)(H,33,34)/t24-/m1/s1. The van der Waals surface area contributed by atoms with Crippen molar-refractivity contribution < 1.29 is 24.0 Å². The molecule has 0 spiro atoms. The van der Waals surface area contributed by atoms with E-state index in [4.69, 9.17) is 20.9 Å². The van der Waals surface area contributed by atoms with Crippen LogP contribution < -0.4 is 5.32 Å². The predicted octanol–water partition coefficient (Wildman–Crippen LogP) is 7.34. The van der Waals surface area contributed by atoms with E-state index in [1.807, 2.05) is 73.7 Å². The highest BCUT2D eigenvalue weighted by molar-refractivity contribution is 6.31. The summed E-state index contributed by atoms with van der Waals surface area (Å²) in [6.07, 6.45) is 0.425. The first-order valence-electron chi connectivity index (χ1n) is 11.9. The maximum Gasteiger partial charge on any atom is 0.411 e. The van der Waals surface area contributed by atoms with Crippen LogP contribution in [0.3, 0.4) is 0 Å². The Morgan fingerprint density at radius 3 is 2.24 bits per heavy atom. The summed E-state index contributed by atoms with van der Waals surface area (Å²) >= 11 is 6.15. The summed E-state index contributed by atoms with van der Waals surface area (Å²) in [4.78, 5) is 23.9. The molecule has 1 heterocycles. The highest BCUT2D eigenvalue weighted by atomic mass is 35.5. The first kappa shape index (κ1) is 26.0. The molecule has 0 fully saturated rings. The second kappa shape index (κ2) is 11.8. The molecule has 4 aromatic rings. The number of nitrogens with one attached hydrogen (secondary N) is 1. The zero-order valence-electron chi connectivity index (χ0n) is 20.5. The van der Waals surface area contributed by atoms with Gasteiger partial charge in [0.2, 0.25) is 0 Å². The van der Waals surface area contributed by atoms with Crippen LogP contribution in [0.1, 0.15) is 36.1 Å². The Kier molecular flexibility index (Phi) is 8.25. The maximum absolute atomic E-state index is 12.4. The molecular weight excluding hydrogens is 492 g/mol. The molecule has 0 unspecified atom stereocenters. The first-order chi connectivity index (χ1) is 17.9. The average Bonchev–Trinajstić information content (AvgIpc) is 3.25. The Hall–Kier alpha value is -4.10. The average molecular weight is 519 g/mol. The van der Waals surface area contributed by atoms with E-state index in [-0.39, 0.29) is 6.61 Å². The number of aromatic nitrogens is 1. The van der Waals surface area contributed by atoms with Gasteiger partial charge in [-0.25, -0.2) is 4.79 Å². The van der Waals surface area contributed by atoms with Crippen LogP contribution in [0.5, 0.6) is 0 Å². The van der Waals surface area contributed by atoms with E-state index >= 15 is 0 Å². The lowest BCUT2D eigenvalue weighted by Crippen LogP contribution is -2.16. The van der Waals surface area contributed by atoms with E-state index in [0.717, 1.165) is 27.8 Å². The Bertz CT molecular complexity index is 1380. The van der Waals surface area contributed by atoms with Crippen LogP contribution in [0.25, 0.3) is 22.5 Å². The molecule has 2 N–H and O–H groups in total. The van der Waals surface area contributed by atoms with E-state index in [2.05, 4.69) is 10.5 Å². The SMILES string of the molecule is CC[C@@H](C(=O)O)c1ccc(-c2ccc(-c3onc(C)c3NC(=O)OCCc3ccccc3Cl)cc2)cc1. The quantitative estimate of drug-likeness (QED) is 0.240. The molecule has 1 amide bonds. The van der Waals surface area contributed by atoms with E-state index < -0.39 is 18.0 Å². The van der Waals surface area contributed by atoms with Crippen molar-refractivity contribution in [1.29, 1.82) is 0 Å². The molecule has 0 aliphatic carbocycles. The van der Waals surface area contributed by atoms with Gasteiger partial charge in [0.15, 0.2) is 5.76 Å². The lowest BCUT2D eigenvalue weighted by molar-refractivity contribution is -0.138. The van der Waals surface area contributed by atoms with Gasteiger partial charge < -0.3 is 14.4 Å². The number of anilines is 1. The zero-order chi connectivity index (χ0) is 26.4. The molecule has 7 nitrogen and oxygen atoms in total. The van der Waals surface area contributed by atoms with Crippen LogP contribution >= 0.6 is 11.6 Å². The van der Waals surface area contributed by atoms with Crippen molar-refractivity contribution in [3.63, 3.8) is 0 Å². The molecule has 0 aliphatic rings. The van der Waals surface area contributed by atoms with Gasteiger partial charge in [0.05, 0.1) is 12.5 Å². The van der Waals surface area contributed by atoms with Crippen molar-refractivity contribution in [2.45, 2.75) is 32.6 Å². The Balaban J connectivity index is 1.42. The Morgan fingerprint density at radius 2 is 1.62 bits per heavy atom. The number of hydrogen-bond acceptors (Lipinski definition) is 5. The van der Waals surface area contributed by atoms with E-state index in [1.54, 1.807) is 13.0 Å². The van der Waals surface area contributed by atoms with E-state index in [1.165, 1.54) is 0 Å². The van der Waals surface area contributed by atoms with Gasteiger partial charge in [-0.05, 0) is 41.7 Å². The number of carboxylic acids is 1. The lowest BCUT2D eigenvalue weighted by Gasteiger charge is -2.11. The number of carboxylic acid groups (broad SMARTS) is 1. The van der Waals surface area contributed by atoms with Gasteiger partial charge in [0.1, 0.15) is 11.4 Å². The summed E-state index contributed by atoms with van der Waals surface area (Å²) < 4.78 is 10.8. The Morgan fingerprint density at radius 1 is 1.00 bits per heavy atom. The number of aliphatic carboxylic acids is 1. The van der Waals surface area contributed by atoms with Crippen molar-refractivity contribution in [3.8, 4) is 22.5 Å². The van der Waals surface area contributed by atoms with Gasteiger partial charge in [-0.15, -0.1) is 0 Å². The molecule has 1 aromatic heterocycles. The van der Waals surface area contributed by atoms with Gasteiger partial charge in [0.25, 0.3) is 0 Å². The maximum atomic E-state index is 12.4. The molecule has 0 saturated carbocycles. The Labute approximate surface area is 220 Å². The second-order valence-corrected chi connectivity index (χ2v) is 8.98. The zero-order valence-corrected chi connectivity index (χ0v) is 21.3. The molecule has 0 bridgehead atoms. The summed E-state index contributed by atoms with van der Waals surface area (Å²) in [5.41, 5.74) is 5.32. The number of hydrogen-bond donors (Lipinski definition) is 2. The summed E-state index contributed by atoms with van der Waals surface area (Å²) in [6.45, 7) is 3.78. The summed E-state index contributed by atoms with van der Waals surface area (Å²) in [5.74, 6) is -0.912. The van der Waals surface area contributed by atoms with Crippen LogP contribution in [0.15, 0.2) is 77.3 Å². The molecule has 37 heavy (non-hydrogen) atoms. The number of aryl methyl sites for hydroxylation is 1. The van der Waals surface area contributed by atoms with E-state index in [9.17, 15) is 14.7 Å². The van der Waals surface area contributed by atoms with Crippen molar-refractivity contribution in [3.05, 3.63) is 94.6 Å². The van der Waals surface area contributed by atoms with Crippen molar-refractivity contribution in [2.24, 2.45) is 0 Å². The summed E-state index contributed by atoms with van der Waals surface area (Å²) in [7, 11) is 0. The minimum absolute atomic E-state index is 0.175. The number of nitrogens with zero attached hydrogens (tertiary/aromatic N) is 1. The lowest BCUT2D eigenvalue weighted by atomic mass is 9.94. The molecule has 190 valence electrons. The molecule has 4 rings (SSSR count). The molecule has 0 saturated heterocycles. The highest BCUT2D eigenvalue weighted by Crippen LogP contribution is 2.33.